The van der Waals surface area contributed by atoms with E-state index in [2.05, 4.69) is 16.0 Å². The first kappa shape index (κ1) is 29.7. The van der Waals surface area contributed by atoms with Crippen molar-refractivity contribution in [3.8, 4) is 21.6 Å². The van der Waals surface area contributed by atoms with E-state index in [-0.39, 0.29) is 40.9 Å². The Kier molecular flexibility index (Phi) is 9.62. The Morgan fingerprint density at radius 2 is 1.74 bits per heavy atom. The van der Waals surface area contributed by atoms with Crippen LogP contribution in [0.15, 0.2) is 72.8 Å². The van der Waals surface area contributed by atoms with E-state index < -0.39 is 17.6 Å². The monoisotopic (exact) mass is 539 g/mol. The Morgan fingerprint density at radius 1 is 1.08 bits per heavy atom. The van der Waals surface area contributed by atoms with Gasteiger partial charge in [-0.1, -0.05) is 85.1 Å². The normalized spacial score (nSPS) is 13.9. The number of carbonyl (C=O) groups is 1. The molecule has 1 atom stereocenters. The number of rotatable bonds is 7. The molecule has 6 nitrogen and oxygen atoms in total. The van der Waals surface area contributed by atoms with E-state index in [1.807, 2.05) is 60.7 Å². The fourth-order valence-electron chi connectivity index (χ4n) is 4.23. The van der Waals surface area contributed by atoms with E-state index in [1.165, 1.54) is 17.6 Å². The van der Waals surface area contributed by atoms with Gasteiger partial charge in [-0.05, 0) is 48.1 Å². The molecule has 2 N–H and O–H groups in total. The molecule has 5 rings (SSSR count). The number of carbonyl (C=O) groups excluding carboxylic acids is 2. The second-order valence-electron chi connectivity index (χ2n) is 9.01. The van der Waals surface area contributed by atoms with Crippen LogP contribution < -0.4 is 34.9 Å². The number of hydrogen-bond acceptors (Lipinski definition) is 6. The molecule has 9 heteroatoms. The van der Waals surface area contributed by atoms with Crippen molar-refractivity contribution < 1.29 is 53.7 Å². The summed E-state index contributed by atoms with van der Waals surface area (Å²) in [5, 5.41) is 2.79. The Balaban J connectivity index is 0.00000200. The molecule has 0 spiro atoms. The van der Waals surface area contributed by atoms with Crippen LogP contribution in [0.25, 0.3) is 21.6 Å². The third kappa shape index (κ3) is 6.06. The van der Waals surface area contributed by atoms with Crippen molar-refractivity contribution in [1.29, 1.82) is 0 Å². The molecule has 1 saturated carbocycles. The van der Waals surface area contributed by atoms with Crippen molar-refractivity contribution in [2.24, 2.45) is 0 Å². The van der Waals surface area contributed by atoms with E-state index in [0.29, 0.717) is 27.4 Å². The summed E-state index contributed by atoms with van der Waals surface area (Å²) < 4.78 is 25.1. The summed E-state index contributed by atoms with van der Waals surface area (Å²) in [5.74, 6) is -0.388. The molecule has 1 amide bonds. The summed E-state index contributed by atoms with van der Waals surface area (Å²) in [6, 6.07) is 21.8. The molecule has 0 bridgehead atoms. The van der Waals surface area contributed by atoms with Crippen molar-refractivity contribution in [2.45, 2.75) is 38.2 Å². The van der Waals surface area contributed by atoms with E-state index in [0.717, 1.165) is 29.5 Å². The molecular weight excluding hydrogens is 514 g/mol. The SMILES string of the molecule is Cc1nsc(-c2ccc(-c3ccc(C4([C-]=O)CC4)cc3)c(F)c2)c1NC(=O)O[C@H](C)c1ccccc1.[Na+].[OH-]. The molecule has 1 fully saturated rings. The van der Waals surface area contributed by atoms with Gasteiger partial charge in [0.25, 0.3) is 0 Å². The van der Waals surface area contributed by atoms with Crippen LogP contribution in [0.2, 0.25) is 0 Å². The van der Waals surface area contributed by atoms with Crippen molar-refractivity contribution in [1.82, 2.24) is 4.37 Å². The first-order valence-electron chi connectivity index (χ1n) is 11.7. The number of nitrogens with zero attached hydrogens (tertiary/aromatic N) is 1. The Hall–Kier alpha value is -2.88. The molecule has 1 heterocycles. The summed E-state index contributed by atoms with van der Waals surface area (Å²) in [6.07, 6.45) is 2.72. The van der Waals surface area contributed by atoms with Crippen molar-refractivity contribution >= 4 is 29.6 Å². The molecule has 0 radical (unpaired) electrons. The molecule has 1 aliphatic rings. The zero-order valence-electron chi connectivity index (χ0n) is 21.3. The molecule has 1 aromatic heterocycles. The minimum atomic E-state index is -0.603. The number of nitrogens with one attached hydrogen (secondary N) is 1. The van der Waals surface area contributed by atoms with Crippen LogP contribution in [-0.2, 0) is 14.9 Å². The van der Waals surface area contributed by atoms with E-state index >= 15 is 4.39 Å². The number of aromatic nitrogens is 1. The van der Waals surface area contributed by atoms with Crippen molar-refractivity contribution in [3.63, 3.8) is 0 Å². The van der Waals surface area contributed by atoms with Crippen LogP contribution in [0.4, 0.5) is 14.9 Å². The average molecular weight is 540 g/mol. The van der Waals surface area contributed by atoms with Gasteiger partial charge < -0.3 is 15.0 Å². The molecule has 0 unspecified atom stereocenters. The van der Waals surface area contributed by atoms with Gasteiger partial charge in [0.2, 0.25) is 0 Å². The summed E-state index contributed by atoms with van der Waals surface area (Å²) in [5.41, 5.74) is 4.24. The van der Waals surface area contributed by atoms with Gasteiger partial charge in [-0.15, -0.1) is 5.41 Å². The molecule has 38 heavy (non-hydrogen) atoms. The van der Waals surface area contributed by atoms with Gasteiger partial charge in [0.1, 0.15) is 11.9 Å². The zero-order chi connectivity index (χ0) is 25.3. The second kappa shape index (κ2) is 12.3. The minimum Gasteiger partial charge on any atom is -0.870 e. The summed E-state index contributed by atoms with van der Waals surface area (Å²) in [7, 11) is 0. The number of benzene rings is 3. The molecule has 4 aromatic rings. The number of halogens is 1. The summed E-state index contributed by atoms with van der Waals surface area (Å²) >= 11 is 1.19. The van der Waals surface area contributed by atoms with E-state index in [9.17, 15) is 9.59 Å². The number of hydrogen-bond donors (Lipinski definition) is 1. The molecule has 3 aromatic carbocycles. The first-order valence-corrected chi connectivity index (χ1v) is 12.5. The topological polar surface area (TPSA) is 98.3 Å². The van der Waals surface area contributed by atoms with E-state index in [4.69, 9.17) is 4.74 Å². The fourth-order valence-corrected chi connectivity index (χ4v) is 5.07. The minimum absolute atomic E-state index is 0. The predicted molar refractivity (Wildman–Crippen MR) is 141 cm³/mol. The van der Waals surface area contributed by atoms with Gasteiger partial charge in [0.05, 0.1) is 16.3 Å². The van der Waals surface area contributed by atoms with Crippen LogP contribution in [0, 0.1) is 12.7 Å². The molecule has 190 valence electrons. The number of aryl methyl sites for hydroxylation is 1. The smallest absolute Gasteiger partial charge is 0.870 e. The summed E-state index contributed by atoms with van der Waals surface area (Å²) in [6.45, 7) is 3.59. The molecule has 0 aliphatic heterocycles. The standard InChI is InChI=1S/C29H24FN2O3S.Na.H2O/c1-18-26(31-28(34)35-19(2)20-6-4-3-5-7-20)27(36-32-18)22-10-13-24(25(30)16-22)21-8-11-23(12-9-21)29(17-33)14-15-29;;/h3-13,16,19H,14-15H2,1-2H3,(H,31,34);;1H2/q-1;+1;/p-1/t19-;;/m1../s1. The van der Waals surface area contributed by atoms with Gasteiger partial charge in [-0.2, -0.15) is 4.37 Å². The van der Waals surface area contributed by atoms with Crippen LogP contribution in [0.3, 0.4) is 0 Å². The molecule has 1 aliphatic carbocycles. The number of amides is 1. The zero-order valence-corrected chi connectivity index (χ0v) is 24.1. The fraction of sp³-hybridized carbons (Fsp3) is 0.207. The average Bonchev–Trinajstić information content (AvgIpc) is 3.62. The summed E-state index contributed by atoms with van der Waals surface area (Å²) in [4.78, 5) is 24.5. The van der Waals surface area contributed by atoms with Gasteiger partial charge in [0, 0.05) is 5.56 Å². The van der Waals surface area contributed by atoms with Gasteiger partial charge >= 0.3 is 35.7 Å². The Morgan fingerprint density at radius 3 is 2.34 bits per heavy atom. The predicted octanol–water partition coefficient (Wildman–Crippen LogP) is 4.20. The van der Waals surface area contributed by atoms with Gasteiger partial charge in [-0.25, -0.2) is 9.18 Å². The third-order valence-electron chi connectivity index (χ3n) is 6.57. The Labute approximate surface area is 247 Å². The maximum absolute atomic E-state index is 15.2. The Bertz CT molecular complexity index is 1420. The van der Waals surface area contributed by atoms with Crippen molar-refractivity contribution in [2.75, 3.05) is 5.32 Å². The maximum atomic E-state index is 15.2. The van der Waals surface area contributed by atoms with E-state index in [1.54, 1.807) is 19.9 Å². The first-order chi connectivity index (χ1) is 17.4. The molecular formula is C29H25FN2NaO4S-. The van der Waals surface area contributed by atoms with Crippen LogP contribution >= 0.6 is 11.5 Å². The van der Waals surface area contributed by atoms with Crippen LogP contribution in [0.5, 0.6) is 0 Å². The van der Waals surface area contributed by atoms with Crippen molar-refractivity contribution in [3.05, 3.63) is 95.4 Å². The van der Waals surface area contributed by atoms with Crippen LogP contribution in [-0.4, -0.2) is 22.2 Å². The quantitative estimate of drug-likeness (QED) is 0.280. The van der Waals surface area contributed by atoms with Gasteiger partial charge in [-0.3, -0.25) is 11.6 Å². The van der Waals surface area contributed by atoms with Gasteiger partial charge in [0.15, 0.2) is 0 Å². The largest absolute Gasteiger partial charge is 1.00 e. The maximum Gasteiger partial charge on any atom is 1.00 e. The number of ether oxygens (including phenoxy) is 1. The second-order valence-corrected chi connectivity index (χ2v) is 9.78. The molecule has 0 saturated heterocycles. The third-order valence-corrected chi connectivity index (χ3v) is 7.56. The van der Waals surface area contributed by atoms with Crippen LogP contribution in [0.1, 0.15) is 42.7 Å². The number of anilines is 1.